The summed E-state index contributed by atoms with van der Waals surface area (Å²) in [5.41, 5.74) is 2.80. The van der Waals surface area contributed by atoms with Crippen LogP contribution in [0.1, 0.15) is 28.1 Å². The Morgan fingerprint density at radius 2 is 1.86 bits per heavy atom. The third-order valence-electron chi connectivity index (χ3n) is 3.76. The molecule has 0 bridgehead atoms. The molecule has 1 N–H and O–H groups in total. The van der Waals surface area contributed by atoms with Crippen molar-refractivity contribution >= 4 is 0 Å². The second kappa shape index (κ2) is 6.04. The average molecular weight is 307 g/mol. The van der Waals surface area contributed by atoms with E-state index in [2.05, 4.69) is 15.5 Å². The van der Waals surface area contributed by atoms with Crippen molar-refractivity contribution in [3.8, 4) is 0 Å². The predicted octanol–water partition coefficient (Wildman–Crippen LogP) is 2.77. The maximum Gasteiger partial charge on any atom is 0.416 e. The molecule has 1 aromatic carbocycles. The average Bonchev–Trinajstić information content (AvgIpc) is 2.71. The Bertz CT molecular complexity index is 668. The molecule has 3 nitrogen and oxygen atoms in total. The third kappa shape index (κ3) is 3.44. The number of halogens is 3. The molecule has 0 saturated carbocycles. The molecule has 0 spiro atoms. The van der Waals surface area contributed by atoms with Crippen molar-refractivity contribution in [1.82, 2.24) is 15.5 Å². The van der Waals surface area contributed by atoms with Crippen molar-refractivity contribution in [1.29, 1.82) is 0 Å². The summed E-state index contributed by atoms with van der Waals surface area (Å²) in [6.45, 7) is 1.77. The van der Waals surface area contributed by atoms with Crippen LogP contribution in [0.4, 0.5) is 13.2 Å². The standard InChI is InChI=1S/C16H16F3N3/c17-16(18,19)13-3-1-2-11(8-13)9-14-10-12-4-6-20-7-5-15(12)22-21-14/h1-3,8,10,20H,4-7,9H2. The van der Waals surface area contributed by atoms with Crippen molar-refractivity contribution < 1.29 is 13.2 Å². The molecule has 0 radical (unpaired) electrons. The molecule has 0 aliphatic carbocycles. The van der Waals surface area contributed by atoms with Gasteiger partial charge in [-0.2, -0.15) is 23.4 Å². The van der Waals surface area contributed by atoms with Gasteiger partial charge in [0.25, 0.3) is 0 Å². The van der Waals surface area contributed by atoms with E-state index in [1.807, 2.05) is 6.07 Å². The lowest BCUT2D eigenvalue weighted by Crippen LogP contribution is -2.16. The molecule has 1 aliphatic heterocycles. The molecule has 3 rings (SSSR count). The summed E-state index contributed by atoms with van der Waals surface area (Å²) in [6, 6.07) is 7.34. The van der Waals surface area contributed by atoms with Crippen LogP contribution in [0.25, 0.3) is 0 Å². The molecule has 1 aromatic heterocycles. The summed E-state index contributed by atoms with van der Waals surface area (Å²) in [4.78, 5) is 0. The van der Waals surface area contributed by atoms with Crippen LogP contribution in [0.5, 0.6) is 0 Å². The Kier molecular flexibility index (Phi) is 4.11. The van der Waals surface area contributed by atoms with Crippen LogP contribution < -0.4 is 5.32 Å². The van der Waals surface area contributed by atoms with Crippen LogP contribution in [0.3, 0.4) is 0 Å². The van der Waals surface area contributed by atoms with Gasteiger partial charge in [-0.3, -0.25) is 0 Å². The Labute approximate surface area is 126 Å². The van der Waals surface area contributed by atoms with Crippen molar-refractivity contribution in [3.63, 3.8) is 0 Å². The first-order valence-electron chi connectivity index (χ1n) is 7.23. The number of benzene rings is 1. The smallest absolute Gasteiger partial charge is 0.316 e. The summed E-state index contributed by atoms with van der Waals surface area (Å²) in [7, 11) is 0. The van der Waals surface area contributed by atoms with Gasteiger partial charge in [-0.1, -0.05) is 18.2 Å². The third-order valence-corrected chi connectivity index (χ3v) is 3.76. The molecule has 1 aliphatic rings. The molecule has 0 saturated heterocycles. The minimum atomic E-state index is -4.32. The van der Waals surface area contributed by atoms with Gasteiger partial charge in [-0.15, -0.1) is 0 Å². The molecular formula is C16H16F3N3. The monoisotopic (exact) mass is 307 g/mol. The number of rotatable bonds is 2. The molecule has 0 unspecified atom stereocenters. The van der Waals surface area contributed by atoms with E-state index >= 15 is 0 Å². The summed E-state index contributed by atoms with van der Waals surface area (Å²) < 4.78 is 38.2. The van der Waals surface area contributed by atoms with Crippen LogP contribution in [0.15, 0.2) is 30.3 Å². The first kappa shape index (κ1) is 15.0. The molecule has 6 heteroatoms. The predicted molar refractivity (Wildman–Crippen MR) is 76.6 cm³/mol. The fraction of sp³-hybridized carbons (Fsp3) is 0.375. The maximum absolute atomic E-state index is 12.7. The van der Waals surface area contributed by atoms with E-state index in [0.717, 1.165) is 43.3 Å². The van der Waals surface area contributed by atoms with Crippen molar-refractivity contribution in [3.05, 3.63) is 58.4 Å². The Morgan fingerprint density at radius 3 is 2.68 bits per heavy atom. The number of nitrogens with zero attached hydrogens (tertiary/aromatic N) is 2. The highest BCUT2D eigenvalue weighted by atomic mass is 19.4. The Hall–Kier alpha value is -1.95. The molecule has 116 valence electrons. The maximum atomic E-state index is 12.7. The zero-order chi connectivity index (χ0) is 15.6. The lowest BCUT2D eigenvalue weighted by atomic mass is 10.0. The van der Waals surface area contributed by atoms with Crippen molar-refractivity contribution in [2.45, 2.75) is 25.4 Å². The fourth-order valence-corrected chi connectivity index (χ4v) is 2.64. The summed E-state index contributed by atoms with van der Waals surface area (Å²) in [5, 5.41) is 11.7. The first-order valence-corrected chi connectivity index (χ1v) is 7.23. The van der Waals surface area contributed by atoms with E-state index in [4.69, 9.17) is 0 Å². The van der Waals surface area contributed by atoms with E-state index < -0.39 is 11.7 Å². The second-order valence-corrected chi connectivity index (χ2v) is 5.43. The second-order valence-electron chi connectivity index (χ2n) is 5.43. The molecule has 22 heavy (non-hydrogen) atoms. The highest BCUT2D eigenvalue weighted by Crippen LogP contribution is 2.29. The largest absolute Gasteiger partial charge is 0.416 e. The van der Waals surface area contributed by atoms with Gasteiger partial charge < -0.3 is 5.32 Å². The Balaban J connectivity index is 1.83. The molecule has 2 heterocycles. The van der Waals surface area contributed by atoms with Gasteiger partial charge in [0.15, 0.2) is 0 Å². The SMILES string of the molecule is FC(F)(F)c1cccc(Cc2cc3c(nn2)CCNCC3)c1. The molecule has 0 fully saturated rings. The minimum Gasteiger partial charge on any atom is -0.316 e. The lowest BCUT2D eigenvalue weighted by Gasteiger charge is -2.09. The lowest BCUT2D eigenvalue weighted by molar-refractivity contribution is -0.137. The molecular weight excluding hydrogens is 291 g/mol. The molecule has 0 atom stereocenters. The van der Waals surface area contributed by atoms with E-state index in [9.17, 15) is 13.2 Å². The molecule has 2 aromatic rings. The summed E-state index contributed by atoms with van der Waals surface area (Å²) in [6.07, 6.45) is -2.24. The fourth-order valence-electron chi connectivity index (χ4n) is 2.64. The highest BCUT2D eigenvalue weighted by Gasteiger charge is 2.30. The van der Waals surface area contributed by atoms with Crippen molar-refractivity contribution in [2.75, 3.05) is 13.1 Å². The van der Waals surface area contributed by atoms with Crippen LogP contribution in [0.2, 0.25) is 0 Å². The molecule has 0 amide bonds. The highest BCUT2D eigenvalue weighted by molar-refractivity contribution is 5.31. The number of fused-ring (bicyclic) bond motifs is 1. The van der Waals surface area contributed by atoms with Gasteiger partial charge in [0, 0.05) is 19.4 Å². The van der Waals surface area contributed by atoms with E-state index in [1.54, 1.807) is 6.07 Å². The number of hydrogen-bond acceptors (Lipinski definition) is 3. The quantitative estimate of drug-likeness (QED) is 0.927. The number of hydrogen-bond donors (Lipinski definition) is 1. The van der Waals surface area contributed by atoms with E-state index in [1.165, 1.54) is 12.1 Å². The number of alkyl halides is 3. The topological polar surface area (TPSA) is 37.8 Å². The van der Waals surface area contributed by atoms with E-state index in [-0.39, 0.29) is 0 Å². The van der Waals surface area contributed by atoms with Gasteiger partial charge in [0.2, 0.25) is 0 Å². The van der Waals surface area contributed by atoms with Gasteiger partial charge in [-0.05, 0) is 36.2 Å². The normalized spacial score (nSPS) is 15.2. The van der Waals surface area contributed by atoms with Gasteiger partial charge in [0.05, 0.1) is 17.0 Å². The number of nitrogens with one attached hydrogen (secondary N) is 1. The zero-order valence-electron chi connectivity index (χ0n) is 12.0. The van der Waals surface area contributed by atoms with Crippen LogP contribution in [0, 0.1) is 0 Å². The van der Waals surface area contributed by atoms with E-state index in [0.29, 0.717) is 17.7 Å². The Morgan fingerprint density at radius 1 is 1.05 bits per heavy atom. The summed E-state index contributed by atoms with van der Waals surface area (Å²) >= 11 is 0. The van der Waals surface area contributed by atoms with Crippen LogP contribution in [-0.4, -0.2) is 23.3 Å². The van der Waals surface area contributed by atoms with Gasteiger partial charge >= 0.3 is 6.18 Å². The first-order chi connectivity index (χ1) is 10.5. The van der Waals surface area contributed by atoms with Gasteiger partial charge in [0.1, 0.15) is 0 Å². The van der Waals surface area contributed by atoms with Gasteiger partial charge in [-0.25, -0.2) is 0 Å². The minimum absolute atomic E-state index is 0.359. The zero-order valence-corrected chi connectivity index (χ0v) is 12.0. The summed E-state index contributed by atoms with van der Waals surface area (Å²) in [5.74, 6) is 0. The number of aromatic nitrogens is 2. The van der Waals surface area contributed by atoms with Crippen molar-refractivity contribution in [2.24, 2.45) is 0 Å². The van der Waals surface area contributed by atoms with Crippen LogP contribution in [-0.2, 0) is 25.4 Å². The van der Waals surface area contributed by atoms with Crippen LogP contribution >= 0.6 is 0 Å².